The summed E-state index contributed by atoms with van der Waals surface area (Å²) in [5.41, 5.74) is 0.394. The van der Waals surface area contributed by atoms with Crippen molar-refractivity contribution in [2.24, 2.45) is 0 Å². The molecule has 0 atom stereocenters. The molecule has 1 aromatic rings. The lowest BCUT2D eigenvalue weighted by Gasteiger charge is -2.05. The first-order valence-electron chi connectivity index (χ1n) is 7.23. The molecule has 0 N–H and O–H groups in total. The molecule has 1 heterocycles. The van der Waals surface area contributed by atoms with Gasteiger partial charge in [0, 0.05) is 28.7 Å². The van der Waals surface area contributed by atoms with Gasteiger partial charge in [0.1, 0.15) is 5.42 Å². The second-order valence-electron chi connectivity index (χ2n) is 5.13. The Balaban J connectivity index is 0.000000205. The fourth-order valence-electron chi connectivity index (χ4n) is 2.47. The summed E-state index contributed by atoms with van der Waals surface area (Å²) >= 11 is 1.60. The van der Waals surface area contributed by atoms with E-state index in [4.69, 9.17) is 4.42 Å². The average Bonchev–Trinajstić information content (AvgIpc) is 2.49. The summed E-state index contributed by atoms with van der Waals surface area (Å²) in [6.07, 6.45) is 14.4. The number of fused-ring (bicyclic) bond motifs is 1. The lowest BCUT2D eigenvalue weighted by molar-refractivity contribution is 0.107. The van der Waals surface area contributed by atoms with Crippen LogP contribution in [0, 0.1) is 0 Å². The van der Waals surface area contributed by atoms with Crippen molar-refractivity contribution >= 4 is 38.5 Å². The molecular weight excluding hydrogens is 367 g/mol. The molecule has 0 amide bonds. The smallest absolute Gasteiger partial charge is 0.257 e. The summed E-state index contributed by atoms with van der Waals surface area (Å²) < 4.78 is 5.05. The second kappa shape index (κ2) is 7.76. The van der Waals surface area contributed by atoms with Crippen LogP contribution in [0.15, 0.2) is 15.3 Å². The topological polar surface area (TPSA) is 47.3 Å². The Bertz CT molecular complexity index is 627. The number of rotatable bonds is 1. The van der Waals surface area contributed by atoms with E-state index in [0.29, 0.717) is 10.6 Å². The molecule has 0 saturated heterocycles. The van der Waals surface area contributed by atoms with Gasteiger partial charge in [0.2, 0.25) is 0 Å². The minimum atomic E-state index is -0.249. The van der Waals surface area contributed by atoms with Crippen LogP contribution in [-0.4, -0.2) is 3.79 Å². The maximum Gasteiger partial charge on any atom is 0.257 e. The van der Waals surface area contributed by atoms with E-state index < -0.39 is 0 Å². The fraction of sp³-hybridized carbons (Fsp3) is 0.500. The fourth-order valence-corrected chi connectivity index (χ4v) is 2.74. The summed E-state index contributed by atoms with van der Waals surface area (Å²) in [5.74, 6) is 0.126. The van der Waals surface area contributed by atoms with E-state index in [0.717, 1.165) is 12.8 Å². The van der Waals surface area contributed by atoms with Crippen LogP contribution in [0.25, 0.3) is 12.2 Å². The minimum Gasteiger partial charge on any atom is -0.452 e. The highest BCUT2D eigenvalue weighted by Gasteiger charge is 2.07. The first-order valence-corrected chi connectivity index (χ1v) is 8.31. The summed E-state index contributed by atoms with van der Waals surface area (Å²) in [4.78, 5) is 22.5. The first kappa shape index (κ1) is 15.5. The van der Waals surface area contributed by atoms with Crippen LogP contribution in [0.1, 0.15) is 61.9 Å². The molecule has 1 fully saturated rings. The molecule has 0 spiro atoms. The van der Waals surface area contributed by atoms with E-state index in [-0.39, 0.29) is 15.0 Å². The molecule has 0 aromatic carbocycles. The van der Waals surface area contributed by atoms with Gasteiger partial charge >= 0.3 is 0 Å². The number of hydrogen-bond donors (Lipinski definition) is 0. The molecule has 0 aliphatic heterocycles. The number of halogens is 1. The van der Waals surface area contributed by atoms with Gasteiger partial charge in [0.25, 0.3) is 3.79 Å². The summed E-state index contributed by atoms with van der Waals surface area (Å²) in [6, 6.07) is 1.25. The van der Waals surface area contributed by atoms with E-state index >= 15 is 0 Å². The van der Waals surface area contributed by atoms with Crippen LogP contribution in [0.4, 0.5) is 0 Å². The molecule has 0 bridgehead atoms. The van der Waals surface area contributed by atoms with E-state index in [1.165, 1.54) is 44.6 Å². The third-order valence-electron chi connectivity index (χ3n) is 3.55. The van der Waals surface area contributed by atoms with Gasteiger partial charge in [-0.3, -0.25) is 9.59 Å². The molecule has 4 heteroatoms. The van der Waals surface area contributed by atoms with Crippen molar-refractivity contribution in [1.29, 1.82) is 0 Å². The number of carbonyl (C=O) groups excluding carboxylic acids is 1. The van der Waals surface area contributed by atoms with Crippen molar-refractivity contribution in [3.8, 4) is 0 Å². The molecule has 3 rings (SSSR count). The molecule has 0 radical (unpaired) electrons. The normalized spacial score (nSPS) is 16.9. The highest BCUT2D eigenvalue weighted by molar-refractivity contribution is 14.1. The third kappa shape index (κ3) is 4.30. The molecule has 2 aliphatic rings. The zero-order valence-electron chi connectivity index (χ0n) is 11.5. The molecule has 3 nitrogen and oxygen atoms in total. The van der Waals surface area contributed by atoms with Crippen LogP contribution in [0.3, 0.4) is 0 Å². The third-order valence-corrected chi connectivity index (χ3v) is 4.08. The predicted octanol–water partition coefficient (Wildman–Crippen LogP) is 2.91. The van der Waals surface area contributed by atoms with Gasteiger partial charge in [0.15, 0.2) is 11.2 Å². The average molecular weight is 386 g/mol. The molecule has 0 unspecified atom stereocenters. The standard InChI is InChI=1S/C10H7IO3.C6H12/c11-10(13)9-5-7(12)6-3-1-2-4-8(6)14-9;1-2-4-6-5-3-1/h3-5H,1-2H2;1-6H2. The Morgan fingerprint density at radius 1 is 1.00 bits per heavy atom. The Morgan fingerprint density at radius 2 is 1.55 bits per heavy atom. The summed E-state index contributed by atoms with van der Waals surface area (Å²) in [7, 11) is 0. The monoisotopic (exact) mass is 386 g/mol. The van der Waals surface area contributed by atoms with E-state index in [2.05, 4.69) is 0 Å². The lowest BCUT2D eigenvalue weighted by Crippen LogP contribution is -2.40. The molecule has 1 aromatic heterocycles. The van der Waals surface area contributed by atoms with Gasteiger partial charge in [0.05, 0.1) is 5.22 Å². The maximum absolute atomic E-state index is 11.5. The SMILES string of the molecule is C1CCCCC1.O=C(I)c1cc(=O)c2c(o1)=CCCC=2. The molecular formula is C16H19IO3. The first-order chi connectivity index (χ1) is 9.68. The van der Waals surface area contributed by atoms with E-state index in [1.807, 2.05) is 12.2 Å². The molecule has 2 aliphatic carbocycles. The molecule has 108 valence electrons. The highest BCUT2D eigenvalue weighted by atomic mass is 127. The summed E-state index contributed by atoms with van der Waals surface area (Å²) in [5, 5.41) is 0.581. The van der Waals surface area contributed by atoms with Crippen LogP contribution in [0.2, 0.25) is 0 Å². The quantitative estimate of drug-likeness (QED) is 0.551. The Hall–Kier alpha value is -0.910. The van der Waals surface area contributed by atoms with Crippen molar-refractivity contribution in [2.75, 3.05) is 0 Å². The van der Waals surface area contributed by atoms with Gasteiger partial charge in [-0.1, -0.05) is 44.6 Å². The Morgan fingerprint density at radius 3 is 2.10 bits per heavy atom. The Kier molecular flexibility index (Phi) is 6.01. The zero-order valence-corrected chi connectivity index (χ0v) is 13.6. The zero-order chi connectivity index (χ0) is 14.4. The lowest BCUT2D eigenvalue weighted by atomic mass is 10.0. The number of hydrogen-bond acceptors (Lipinski definition) is 3. The maximum atomic E-state index is 11.5. The van der Waals surface area contributed by atoms with Gasteiger partial charge in [-0.15, -0.1) is 0 Å². The molecule has 20 heavy (non-hydrogen) atoms. The van der Waals surface area contributed by atoms with Gasteiger partial charge in [-0.2, -0.15) is 0 Å². The van der Waals surface area contributed by atoms with Crippen LogP contribution in [-0.2, 0) is 0 Å². The minimum absolute atomic E-state index is 0.126. The highest BCUT2D eigenvalue weighted by Crippen LogP contribution is 2.15. The van der Waals surface area contributed by atoms with Crippen molar-refractivity contribution < 1.29 is 9.21 Å². The van der Waals surface area contributed by atoms with Crippen molar-refractivity contribution in [3.63, 3.8) is 0 Å². The largest absolute Gasteiger partial charge is 0.452 e. The van der Waals surface area contributed by atoms with E-state index in [9.17, 15) is 9.59 Å². The second-order valence-corrected chi connectivity index (χ2v) is 6.11. The van der Waals surface area contributed by atoms with Crippen LogP contribution >= 0.6 is 22.6 Å². The van der Waals surface area contributed by atoms with Crippen molar-refractivity contribution in [2.45, 2.75) is 51.4 Å². The van der Waals surface area contributed by atoms with Gasteiger partial charge in [-0.05, 0) is 18.9 Å². The molecule has 1 saturated carbocycles. The van der Waals surface area contributed by atoms with Crippen molar-refractivity contribution in [1.82, 2.24) is 0 Å². The summed E-state index contributed by atoms with van der Waals surface area (Å²) in [6.45, 7) is 0. The van der Waals surface area contributed by atoms with Crippen LogP contribution in [0.5, 0.6) is 0 Å². The predicted molar refractivity (Wildman–Crippen MR) is 88.4 cm³/mol. The number of carbonyl (C=O) groups is 1. The van der Waals surface area contributed by atoms with Gasteiger partial charge in [-0.25, -0.2) is 0 Å². The van der Waals surface area contributed by atoms with Gasteiger partial charge < -0.3 is 4.42 Å². The van der Waals surface area contributed by atoms with E-state index in [1.54, 1.807) is 22.6 Å². The van der Waals surface area contributed by atoms with Crippen molar-refractivity contribution in [3.05, 3.63) is 32.7 Å². The van der Waals surface area contributed by atoms with Crippen LogP contribution < -0.4 is 16.1 Å². The Labute approximate surface area is 131 Å².